The van der Waals surface area contributed by atoms with Crippen molar-refractivity contribution >= 4 is 0 Å². The number of hydrogen-bond acceptors (Lipinski definition) is 3. The van der Waals surface area contributed by atoms with Gasteiger partial charge in [0.1, 0.15) is 0 Å². The summed E-state index contributed by atoms with van der Waals surface area (Å²) in [6, 6.07) is 4.09. The fraction of sp³-hybridized carbons (Fsp3) is 0.545. The highest BCUT2D eigenvalue weighted by atomic mass is 16.5. The van der Waals surface area contributed by atoms with E-state index in [9.17, 15) is 0 Å². The van der Waals surface area contributed by atoms with Gasteiger partial charge in [0.05, 0.1) is 18.9 Å². The highest BCUT2D eigenvalue weighted by Crippen LogP contribution is 2.09. The molecule has 0 spiro atoms. The topological polar surface area (TPSA) is 31.4 Å². The normalized spacial score (nSPS) is 10.5. The van der Waals surface area contributed by atoms with Gasteiger partial charge in [0, 0.05) is 19.9 Å². The number of aryl methyl sites for hydroxylation is 1. The van der Waals surface area contributed by atoms with Gasteiger partial charge >= 0.3 is 0 Å². The molecule has 1 aromatic heterocycles. The van der Waals surface area contributed by atoms with Gasteiger partial charge in [0.2, 0.25) is 0 Å². The lowest BCUT2D eigenvalue weighted by Gasteiger charge is -2.06. The summed E-state index contributed by atoms with van der Waals surface area (Å²) in [5.74, 6) is 0. The first-order valence-electron chi connectivity index (χ1n) is 4.76. The van der Waals surface area contributed by atoms with Crippen LogP contribution >= 0.6 is 0 Å². The predicted molar refractivity (Wildman–Crippen MR) is 55.0 cm³/mol. The number of nitrogens with zero attached hydrogens (tertiary/aromatic N) is 1. The highest BCUT2D eigenvalue weighted by Gasteiger charge is 2.01. The molecule has 0 unspecified atom stereocenters. The number of rotatable bonds is 5. The summed E-state index contributed by atoms with van der Waals surface area (Å²) >= 11 is 0. The van der Waals surface area contributed by atoms with Crippen LogP contribution < -0.4 is 0 Å². The molecule has 3 heteroatoms. The lowest BCUT2D eigenvalue weighted by atomic mass is 10.2. The van der Waals surface area contributed by atoms with Crippen molar-refractivity contribution in [2.24, 2.45) is 0 Å². The van der Waals surface area contributed by atoms with Crippen LogP contribution in [0.1, 0.15) is 23.9 Å². The van der Waals surface area contributed by atoms with Gasteiger partial charge < -0.3 is 9.47 Å². The van der Waals surface area contributed by atoms with E-state index >= 15 is 0 Å². The third-order valence-electron chi connectivity index (χ3n) is 1.96. The van der Waals surface area contributed by atoms with Crippen LogP contribution in [0.2, 0.25) is 0 Å². The molecule has 0 bridgehead atoms. The maximum atomic E-state index is 5.09. The molecule has 78 valence electrons. The zero-order chi connectivity index (χ0) is 10.4. The van der Waals surface area contributed by atoms with Crippen molar-refractivity contribution in [1.82, 2.24) is 4.98 Å². The standard InChI is InChI=1S/C11H17NO2/c1-4-10-5-9(7-13-2)6-11(12-10)8-14-3/h5-6H,4,7-8H2,1-3H3. The zero-order valence-electron chi connectivity index (χ0n) is 9.04. The SMILES string of the molecule is CCc1cc(COC)cc(COC)n1. The highest BCUT2D eigenvalue weighted by molar-refractivity contribution is 5.20. The molecular formula is C11H17NO2. The Labute approximate surface area is 85.1 Å². The van der Waals surface area contributed by atoms with E-state index in [0.29, 0.717) is 13.2 Å². The summed E-state index contributed by atoms with van der Waals surface area (Å²) in [5, 5.41) is 0. The van der Waals surface area contributed by atoms with Gasteiger partial charge in [-0.25, -0.2) is 0 Å². The molecule has 0 fully saturated rings. The monoisotopic (exact) mass is 195 g/mol. The largest absolute Gasteiger partial charge is 0.380 e. The number of ether oxygens (including phenoxy) is 2. The minimum absolute atomic E-state index is 0.560. The summed E-state index contributed by atoms with van der Waals surface area (Å²) in [7, 11) is 3.37. The fourth-order valence-corrected chi connectivity index (χ4v) is 1.37. The molecule has 0 aliphatic rings. The van der Waals surface area contributed by atoms with Crippen LogP contribution in [0.4, 0.5) is 0 Å². The lowest BCUT2D eigenvalue weighted by molar-refractivity contribution is 0.177. The third kappa shape index (κ3) is 3.09. The van der Waals surface area contributed by atoms with E-state index in [1.54, 1.807) is 14.2 Å². The van der Waals surface area contributed by atoms with E-state index in [2.05, 4.69) is 18.0 Å². The Morgan fingerprint density at radius 2 is 1.71 bits per heavy atom. The average molecular weight is 195 g/mol. The van der Waals surface area contributed by atoms with Crippen LogP contribution in [0, 0.1) is 0 Å². The van der Waals surface area contributed by atoms with Crippen LogP contribution in [-0.4, -0.2) is 19.2 Å². The first-order chi connectivity index (χ1) is 6.80. The molecule has 0 aliphatic heterocycles. The first-order valence-corrected chi connectivity index (χ1v) is 4.76. The predicted octanol–water partition coefficient (Wildman–Crippen LogP) is 1.94. The minimum atomic E-state index is 0.560. The van der Waals surface area contributed by atoms with Crippen LogP contribution in [0.15, 0.2) is 12.1 Å². The van der Waals surface area contributed by atoms with Crippen molar-refractivity contribution in [1.29, 1.82) is 0 Å². The smallest absolute Gasteiger partial charge is 0.0884 e. The summed E-state index contributed by atoms with van der Waals surface area (Å²) in [5.41, 5.74) is 3.22. The zero-order valence-corrected chi connectivity index (χ0v) is 9.04. The molecule has 0 saturated heterocycles. The Kier molecular flexibility index (Phi) is 4.56. The van der Waals surface area contributed by atoms with Crippen LogP contribution in [0.3, 0.4) is 0 Å². The quantitative estimate of drug-likeness (QED) is 0.719. The maximum absolute atomic E-state index is 5.09. The van der Waals surface area contributed by atoms with Gasteiger partial charge in [-0.2, -0.15) is 0 Å². The van der Waals surface area contributed by atoms with Crippen LogP contribution in [-0.2, 0) is 29.1 Å². The minimum Gasteiger partial charge on any atom is -0.380 e. The second-order valence-electron chi connectivity index (χ2n) is 3.18. The molecule has 0 atom stereocenters. The van der Waals surface area contributed by atoms with E-state index in [1.807, 2.05) is 6.07 Å². The molecule has 0 radical (unpaired) electrons. The molecule has 14 heavy (non-hydrogen) atoms. The Morgan fingerprint density at radius 1 is 1.07 bits per heavy atom. The van der Waals surface area contributed by atoms with E-state index in [4.69, 9.17) is 9.47 Å². The summed E-state index contributed by atoms with van der Waals surface area (Å²) in [6.45, 7) is 3.28. The lowest BCUT2D eigenvalue weighted by Crippen LogP contribution is -2.00. The molecule has 1 rings (SSSR count). The van der Waals surface area contributed by atoms with E-state index < -0.39 is 0 Å². The molecule has 0 amide bonds. The molecule has 0 aromatic carbocycles. The van der Waals surface area contributed by atoms with Gasteiger partial charge in [-0.1, -0.05) is 6.92 Å². The van der Waals surface area contributed by atoms with Crippen molar-refractivity contribution in [3.63, 3.8) is 0 Å². The Morgan fingerprint density at radius 3 is 2.29 bits per heavy atom. The maximum Gasteiger partial charge on any atom is 0.0884 e. The number of methoxy groups -OCH3 is 2. The second-order valence-corrected chi connectivity index (χ2v) is 3.18. The van der Waals surface area contributed by atoms with E-state index in [1.165, 1.54) is 0 Å². The summed E-state index contributed by atoms with van der Waals surface area (Å²) < 4.78 is 10.1. The summed E-state index contributed by atoms with van der Waals surface area (Å²) in [4.78, 5) is 4.44. The first kappa shape index (κ1) is 11.1. The van der Waals surface area contributed by atoms with Gasteiger partial charge in [-0.3, -0.25) is 4.98 Å². The number of hydrogen-bond donors (Lipinski definition) is 0. The van der Waals surface area contributed by atoms with Crippen LogP contribution in [0.5, 0.6) is 0 Å². The Bertz CT molecular complexity index is 262. The molecule has 0 N–H and O–H groups in total. The molecule has 1 aromatic rings. The molecule has 0 aliphatic carbocycles. The van der Waals surface area contributed by atoms with Gasteiger partial charge in [0.25, 0.3) is 0 Å². The van der Waals surface area contributed by atoms with Crippen molar-refractivity contribution in [3.05, 3.63) is 29.1 Å². The molecule has 1 heterocycles. The third-order valence-corrected chi connectivity index (χ3v) is 1.96. The Hall–Kier alpha value is -0.930. The summed E-state index contributed by atoms with van der Waals surface area (Å²) in [6.07, 6.45) is 0.939. The van der Waals surface area contributed by atoms with Gasteiger partial charge in [0.15, 0.2) is 0 Å². The second kappa shape index (κ2) is 5.73. The van der Waals surface area contributed by atoms with E-state index in [-0.39, 0.29) is 0 Å². The molecule has 0 saturated carbocycles. The van der Waals surface area contributed by atoms with Gasteiger partial charge in [-0.15, -0.1) is 0 Å². The Balaban J connectivity index is 2.88. The van der Waals surface area contributed by atoms with Crippen molar-refractivity contribution in [2.45, 2.75) is 26.6 Å². The van der Waals surface area contributed by atoms with Crippen molar-refractivity contribution in [3.8, 4) is 0 Å². The number of pyridine rings is 1. The van der Waals surface area contributed by atoms with E-state index in [0.717, 1.165) is 23.4 Å². The molecule has 3 nitrogen and oxygen atoms in total. The number of aromatic nitrogens is 1. The van der Waals surface area contributed by atoms with Crippen molar-refractivity contribution in [2.75, 3.05) is 14.2 Å². The van der Waals surface area contributed by atoms with Crippen molar-refractivity contribution < 1.29 is 9.47 Å². The van der Waals surface area contributed by atoms with Gasteiger partial charge in [-0.05, 0) is 24.1 Å². The average Bonchev–Trinajstić information content (AvgIpc) is 2.18. The fourth-order valence-electron chi connectivity index (χ4n) is 1.37. The van der Waals surface area contributed by atoms with Crippen LogP contribution in [0.25, 0.3) is 0 Å². The molecular weight excluding hydrogens is 178 g/mol.